The van der Waals surface area contributed by atoms with Gasteiger partial charge in [0.2, 0.25) is 0 Å². The van der Waals surface area contributed by atoms with E-state index in [9.17, 15) is 4.79 Å². The molecule has 2 aliphatic rings. The highest BCUT2D eigenvalue weighted by atomic mass is 35.5. The molecule has 1 aromatic heterocycles. The Hall–Kier alpha value is -1.98. The molecule has 2 aromatic rings. The molecule has 4 rings (SSSR count). The third-order valence-electron chi connectivity index (χ3n) is 5.84. The van der Waals surface area contributed by atoms with Gasteiger partial charge in [0.05, 0.1) is 21.8 Å². The molecule has 1 aromatic carbocycles. The Bertz CT molecular complexity index is 930. The van der Waals surface area contributed by atoms with Crippen molar-refractivity contribution in [3.63, 3.8) is 0 Å². The van der Waals surface area contributed by atoms with Crippen LogP contribution in [0.15, 0.2) is 41.7 Å². The Labute approximate surface area is 175 Å². The van der Waals surface area contributed by atoms with Gasteiger partial charge in [0, 0.05) is 24.9 Å². The van der Waals surface area contributed by atoms with Crippen LogP contribution in [0.4, 0.5) is 5.82 Å². The lowest BCUT2D eigenvalue weighted by molar-refractivity contribution is -0.129. The number of nitrogens with one attached hydrogen (secondary N) is 1. The van der Waals surface area contributed by atoms with Crippen LogP contribution in [-0.2, 0) is 4.79 Å². The second kappa shape index (κ2) is 7.80. The zero-order chi connectivity index (χ0) is 19.8. The summed E-state index contributed by atoms with van der Waals surface area (Å²) in [5.41, 5.74) is 2.43. The van der Waals surface area contributed by atoms with E-state index in [1.54, 1.807) is 12.3 Å². The highest BCUT2D eigenvalue weighted by Crippen LogP contribution is 2.38. The number of amides is 1. The summed E-state index contributed by atoms with van der Waals surface area (Å²) in [6.07, 6.45) is 7.47. The fourth-order valence-corrected chi connectivity index (χ4v) is 4.60. The minimum atomic E-state index is -0.348. The van der Waals surface area contributed by atoms with Gasteiger partial charge in [-0.2, -0.15) is 5.10 Å². The predicted octanol–water partition coefficient (Wildman–Crippen LogP) is 5.27. The summed E-state index contributed by atoms with van der Waals surface area (Å²) in [6.45, 7) is 1.95. The zero-order valence-electron chi connectivity index (χ0n) is 16.1. The molecule has 0 radical (unpaired) electrons. The van der Waals surface area contributed by atoms with Crippen molar-refractivity contribution in [2.24, 2.45) is 0 Å². The van der Waals surface area contributed by atoms with Crippen LogP contribution in [0.25, 0.3) is 0 Å². The number of likely N-dealkylation sites (N-methyl/N-ethyl adjacent to an activating group) is 1. The average Bonchev–Trinajstić information content (AvgIpc) is 3.16. The number of fused-ring (bicyclic) bond motifs is 1. The number of halogens is 2. The van der Waals surface area contributed by atoms with E-state index in [0.717, 1.165) is 29.9 Å². The third kappa shape index (κ3) is 3.42. The Morgan fingerprint density at radius 1 is 1.18 bits per heavy atom. The molecule has 0 spiro atoms. The summed E-state index contributed by atoms with van der Waals surface area (Å²) in [5.74, 6) is 0.888. The number of rotatable bonds is 3. The summed E-state index contributed by atoms with van der Waals surface area (Å²) in [5, 5.41) is 8.77. The van der Waals surface area contributed by atoms with E-state index < -0.39 is 0 Å². The summed E-state index contributed by atoms with van der Waals surface area (Å²) < 4.78 is 1.84. The summed E-state index contributed by atoms with van der Waals surface area (Å²) in [7, 11) is 1.92. The number of carbonyl (C=O) groups is 1. The van der Waals surface area contributed by atoms with Crippen LogP contribution < -0.4 is 5.32 Å². The van der Waals surface area contributed by atoms with Crippen molar-refractivity contribution in [3.8, 4) is 0 Å². The van der Waals surface area contributed by atoms with Crippen LogP contribution >= 0.6 is 23.2 Å². The highest BCUT2D eigenvalue weighted by Gasteiger charge is 2.36. The second-order valence-electron chi connectivity index (χ2n) is 7.61. The number of nitrogens with zero attached hydrogens (tertiary/aromatic N) is 3. The van der Waals surface area contributed by atoms with Crippen LogP contribution in [0.5, 0.6) is 0 Å². The van der Waals surface area contributed by atoms with Crippen molar-refractivity contribution in [3.05, 3.63) is 57.3 Å². The number of allylic oxidation sites excluding steroid dienone is 1. The van der Waals surface area contributed by atoms with Gasteiger partial charge in [-0.05, 0) is 37.5 Å². The maximum absolute atomic E-state index is 13.6. The van der Waals surface area contributed by atoms with E-state index in [2.05, 4.69) is 10.4 Å². The van der Waals surface area contributed by atoms with Gasteiger partial charge in [0.1, 0.15) is 11.9 Å². The molecule has 0 saturated heterocycles. The number of aromatic nitrogens is 2. The van der Waals surface area contributed by atoms with Gasteiger partial charge in [-0.15, -0.1) is 0 Å². The lowest BCUT2D eigenvalue weighted by atomic mass is 9.91. The molecule has 1 N–H and O–H groups in total. The first-order valence-electron chi connectivity index (χ1n) is 9.71. The number of hydrogen-bond acceptors (Lipinski definition) is 3. The van der Waals surface area contributed by atoms with E-state index in [4.69, 9.17) is 23.2 Å². The Morgan fingerprint density at radius 2 is 1.93 bits per heavy atom. The standard InChI is InChI=1S/C21H24Cl2N4O/c1-13-19(21(28)26(2)15-6-4-3-5-7-15)20(27-18(25-13)10-11-24-27)14-8-9-16(22)17(23)12-14/h8-12,15,20,25H,3-7H2,1-2H3. The molecule has 1 aliphatic heterocycles. The normalized spacial score (nSPS) is 19.9. The van der Waals surface area contributed by atoms with Gasteiger partial charge in [0.15, 0.2) is 0 Å². The minimum absolute atomic E-state index is 0.0362. The number of carbonyl (C=O) groups excluding carboxylic acids is 1. The number of hydrogen-bond donors (Lipinski definition) is 1. The zero-order valence-corrected chi connectivity index (χ0v) is 17.6. The van der Waals surface area contributed by atoms with Crippen molar-refractivity contribution in [1.82, 2.24) is 14.7 Å². The summed E-state index contributed by atoms with van der Waals surface area (Å²) in [4.78, 5) is 15.5. The molecule has 5 nitrogen and oxygen atoms in total. The van der Waals surface area contributed by atoms with Gasteiger partial charge in [-0.25, -0.2) is 4.68 Å². The predicted molar refractivity (Wildman–Crippen MR) is 113 cm³/mol. The fourth-order valence-electron chi connectivity index (χ4n) is 4.30. The SMILES string of the molecule is CC1=C(C(=O)N(C)C2CCCCC2)C(c2ccc(Cl)c(Cl)c2)n2nccc2N1. The molecule has 1 fully saturated rings. The Balaban J connectivity index is 1.76. The number of benzene rings is 1. The Morgan fingerprint density at radius 3 is 2.64 bits per heavy atom. The lowest BCUT2D eigenvalue weighted by Gasteiger charge is -2.36. The number of anilines is 1. The van der Waals surface area contributed by atoms with Gasteiger partial charge in [-0.1, -0.05) is 48.5 Å². The van der Waals surface area contributed by atoms with E-state index >= 15 is 0 Å². The molecule has 28 heavy (non-hydrogen) atoms. The molecule has 1 unspecified atom stereocenters. The molecule has 1 amide bonds. The van der Waals surface area contributed by atoms with E-state index in [-0.39, 0.29) is 18.0 Å². The van der Waals surface area contributed by atoms with Crippen LogP contribution in [0.1, 0.15) is 50.6 Å². The molecular weight excluding hydrogens is 395 g/mol. The van der Waals surface area contributed by atoms with Crippen LogP contribution in [0, 0.1) is 0 Å². The van der Waals surface area contributed by atoms with Crippen molar-refractivity contribution in [2.45, 2.75) is 51.1 Å². The van der Waals surface area contributed by atoms with E-state index in [1.807, 2.05) is 41.8 Å². The van der Waals surface area contributed by atoms with Gasteiger partial charge < -0.3 is 10.2 Å². The molecule has 7 heteroatoms. The molecule has 148 valence electrons. The second-order valence-corrected chi connectivity index (χ2v) is 8.42. The fraction of sp³-hybridized carbons (Fsp3) is 0.429. The maximum Gasteiger partial charge on any atom is 0.254 e. The first-order chi connectivity index (χ1) is 13.5. The molecule has 1 aliphatic carbocycles. The monoisotopic (exact) mass is 418 g/mol. The van der Waals surface area contributed by atoms with E-state index in [1.165, 1.54) is 19.3 Å². The average molecular weight is 419 g/mol. The lowest BCUT2D eigenvalue weighted by Crippen LogP contribution is -2.42. The molecule has 1 saturated carbocycles. The van der Waals surface area contributed by atoms with Gasteiger partial charge in [0.25, 0.3) is 5.91 Å². The first-order valence-corrected chi connectivity index (χ1v) is 10.5. The molecular formula is C21H24Cl2N4O. The largest absolute Gasteiger partial charge is 0.344 e. The Kier molecular flexibility index (Phi) is 5.39. The summed E-state index contributed by atoms with van der Waals surface area (Å²) in [6, 6.07) is 7.35. The van der Waals surface area contributed by atoms with Crippen molar-refractivity contribution < 1.29 is 4.79 Å². The summed E-state index contributed by atoms with van der Waals surface area (Å²) >= 11 is 12.4. The van der Waals surface area contributed by atoms with Gasteiger partial charge >= 0.3 is 0 Å². The maximum atomic E-state index is 13.6. The van der Waals surface area contributed by atoms with Crippen molar-refractivity contribution >= 4 is 34.9 Å². The topological polar surface area (TPSA) is 50.2 Å². The molecule has 1 atom stereocenters. The molecule has 0 bridgehead atoms. The quantitative estimate of drug-likeness (QED) is 0.738. The van der Waals surface area contributed by atoms with Crippen molar-refractivity contribution in [1.29, 1.82) is 0 Å². The smallest absolute Gasteiger partial charge is 0.254 e. The first kappa shape index (κ1) is 19.3. The third-order valence-corrected chi connectivity index (χ3v) is 6.58. The van der Waals surface area contributed by atoms with Gasteiger partial charge in [-0.3, -0.25) is 4.79 Å². The van der Waals surface area contributed by atoms with E-state index in [0.29, 0.717) is 15.6 Å². The minimum Gasteiger partial charge on any atom is -0.344 e. The van der Waals surface area contributed by atoms with Crippen molar-refractivity contribution in [2.75, 3.05) is 12.4 Å². The molecule has 2 heterocycles. The van der Waals surface area contributed by atoms with Crippen LogP contribution in [0.3, 0.4) is 0 Å². The van der Waals surface area contributed by atoms with Crippen LogP contribution in [-0.4, -0.2) is 33.7 Å². The van der Waals surface area contributed by atoms with Crippen LogP contribution in [0.2, 0.25) is 10.0 Å². The highest BCUT2D eigenvalue weighted by molar-refractivity contribution is 6.42.